The molecule has 0 aliphatic carbocycles. The van der Waals surface area contributed by atoms with E-state index in [9.17, 15) is 9.59 Å². The van der Waals surface area contributed by atoms with Crippen molar-refractivity contribution in [3.8, 4) is 11.5 Å². The van der Waals surface area contributed by atoms with E-state index in [2.05, 4.69) is 15.6 Å². The second-order valence-corrected chi connectivity index (χ2v) is 5.30. The van der Waals surface area contributed by atoms with Crippen molar-refractivity contribution in [1.82, 2.24) is 14.9 Å². The molecule has 3 rings (SSSR count). The summed E-state index contributed by atoms with van der Waals surface area (Å²) in [4.78, 5) is 27.7. The van der Waals surface area contributed by atoms with E-state index in [0.29, 0.717) is 49.2 Å². The van der Waals surface area contributed by atoms with Gasteiger partial charge in [-0.3, -0.25) is 9.36 Å². The van der Waals surface area contributed by atoms with E-state index >= 15 is 0 Å². The van der Waals surface area contributed by atoms with Crippen LogP contribution in [0.1, 0.15) is 5.69 Å². The molecule has 8 nitrogen and oxygen atoms in total. The molecular formula is C16H18N4O4. The Bertz CT molecular complexity index is 803. The van der Waals surface area contributed by atoms with Gasteiger partial charge in [-0.2, -0.15) is 0 Å². The van der Waals surface area contributed by atoms with Crippen LogP contribution >= 0.6 is 0 Å². The number of ether oxygens (including phenoxy) is 2. The van der Waals surface area contributed by atoms with Gasteiger partial charge in [-0.1, -0.05) is 0 Å². The first-order valence-electron chi connectivity index (χ1n) is 7.59. The molecule has 0 saturated carbocycles. The average Bonchev–Trinajstić information content (AvgIpc) is 2.57. The standard InChI is InChI=1S/C16H18N4O4/c1-11-8-15(21)20(10-18-11)5-4-17-16(22)19-12-2-3-13-14(9-12)24-7-6-23-13/h2-3,8-10H,4-7H2,1H3,(H2,17,19,22). The zero-order valence-corrected chi connectivity index (χ0v) is 13.2. The summed E-state index contributed by atoms with van der Waals surface area (Å²) in [5, 5.41) is 5.41. The van der Waals surface area contributed by atoms with Gasteiger partial charge >= 0.3 is 6.03 Å². The van der Waals surface area contributed by atoms with Crippen molar-refractivity contribution in [3.63, 3.8) is 0 Å². The lowest BCUT2D eigenvalue weighted by Gasteiger charge is -2.19. The summed E-state index contributed by atoms with van der Waals surface area (Å²) >= 11 is 0. The Balaban J connectivity index is 1.51. The molecule has 1 aliphatic heterocycles. The molecule has 0 spiro atoms. The molecule has 2 amide bonds. The summed E-state index contributed by atoms with van der Waals surface area (Å²) in [7, 11) is 0. The molecule has 24 heavy (non-hydrogen) atoms. The maximum atomic E-state index is 11.9. The number of aryl methyl sites for hydroxylation is 1. The van der Waals surface area contributed by atoms with Gasteiger partial charge in [0.2, 0.25) is 0 Å². The Morgan fingerprint density at radius 2 is 2.04 bits per heavy atom. The largest absolute Gasteiger partial charge is 0.486 e. The quantitative estimate of drug-likeness (QED) is 0.877. The zero-order valence-electron chi connectivity index (χ0n) is 13.2. The van der Waals surface area contributed by atoms with E-state index in [0.717, 1.165) is 0 Å². The van der Waals surface area contributed by atoms with Crippen LogP contribution in [-0.4, -0.2) is 35.3 Å². The Morgan fingerprint density at radius 3 is 2.83 bits per heavy atom. The lowest BCUT2D eigenvalue weighted by molar-refractivity contribution is 0.171. The smallest absolute Gasteiger partial charge is 0.319 e. The minimum absolute atomic E-state index is 0.142. The topological polar surface area (TPSA) is 94.5 Å². The molecule has 1 aromatic carbocycles. The van der Waals surface area contributed by atoms with E-state index in [1.165, 1.54) is 17.0 Å². The molecule has 1 aliphatic rings. The lowest BCUT2D eigenvalue weighted by Crippen LogP contribution is -2.33. The molecule has 0 unspecified atom stereocenters. The highest BCUT2D eigenvalue weighted by Gasteiger charge is 2.12. The first-order chi connectivity index (χ1) is 11.6. The van der Waals surface area contributed by atoms with Crippen LogP contribution in [0.25, 0.3) is 0 Å². The van der Waals surface area contributed by atoms with Gasteiger partial charge < -0.3 is 20.1 Å². The van der Waals surface area contributed by atoms with Crippen LogP contribution in [0.15, 0.2) is 35.4 Å². The predicted octanol–water partition coefficient (Wildman–Crippen LogP) is 1.14. The molecule has 2 N–H and O–H groups in total. The van der Waals surface area contributed by atoms with Crippen molar-refractivity contribution in [2.24, 2.45) is 0 Å². The SMILES string of the molecule is Cc1cc(=O)n(CCNC(=O)Nc2ccc3c(c2)OCCO3)cn1. The number of amides is 2. The molecule has 0 atom stereocenters. The summed E-state index contributed by atoms with van der Waals surface area (Å²) in [6, 6.07) is 6.29. The minimum Gasteiger partial charge on any atom is -0.486 e. The number of aromatic nitrogens is 2. The van der Waals surface area contributed by atoms with Gasteiger partial charge in [0, 0.05) is 36.6 Å². The summed E-state index contributed by atoms with van der Waals surface area (Å²) < 4.78 is 12.3. The number of benzene rings is 1. The van der Waals surface area contributed by atoms with E-state index in [1.807, 2.05) is 0 Å². The molecule has 0 radical (unpaired) electrons. The maximum Gasteiger partial charge on any atom is 0.319 e. The normalized spacial score (nSPS) is 12.5. The highest BCUT2D eigenvalue weighted by atomic mass is 16.6. The molecule has 8 heteroatoms. The van der Waals surface area contributed by atoms with Crippen molar-refractivity contribution in [2.75, 3.05) is 25.1 Å². The third-order valence-electron chi connectivity index (χ3n) is 3.45. The summed E-state index contributed by atoms with van der Waals surface area (Å²) in [5.74, 6) is 1.27. The second-order valence-electron chi connectivity index (χ2n) is 5.30. The number of rotatable bonds is 4. The second kappa shape index (κ2) is 7.03. The minimum atomic E-state index is -0.361. The van der Waals surface area contributed by atoms with E-state index in [4.69, 9.17) is 9.47 Å². The maximum absolute atomic E-state index is 11.9. The number of urea groups is 1. The first-order valence-corrected chi connectivity index (χ1v) is 7.59. The predicted molar refractivity (Wildman–Crippen MR) is 87.7 cm³/mol. The summed E-state index contributed by atoms with van der Waals surface area (Å²) in [5.41, 5.74) is 1.13. The highest BCUT2D eigenvalue weighted by molar-refractivity contribution is 5.89. The Hall–Kier alpha value is -3.03. The monoisotopic (exact) mass is 330 g/mol. The molecule has 126 valence electrons. The third-order valence-corrected chi connectivity index (χ3v) is 3.45. The van der Waals surface area contributed by atoms with Crippen molar-refractivity contribution in [1.29, 1.82) is 0 Å². The number of carbonyl (C=O) groups is 1. The fraction of sp³-hybridized carbons (Fsp3) is 0.312. The van der Waals surface area contributed by atoms with Crippen LogP contribution in [0.3, 0.4) is 0 Å². The number of nitrogens with zero attached hydrogens (tertiary/aromatic N) is 2. The van der Waals surface area contributed by atoms with Gasteiger partial charge in [-0.05, 0) is 19.1 Å². The van der Waals surface area contributed by atoms with Gasteiger partial charge in [0.15, 0.2) is 11.5 Å². The fourth-order valence-corrected chi connectivity index (χ4v) is 2.27. The average molecular weight is 330 g/mol. The molecule has 0 fully saturated rings. The first kappa shape index (κ1) is 15.9. The van der Waals surface area contributed by atoms with Crippen LogP contribution in [0.5, 0.6) is 11.5 Å². The van der Waals surface area contributed by atoms with Crippen LogP contribution in [0.4, 0.5) is 10.5 Å². The molecule has 0 saturated heterocycles. The number of fused-ring (bicyclic) bond motifs is 1. The van der Waals surface area contributed by atoms with Crippen LogP contribution in [0.2, 0.25) is 0 Å². The third kappa shape index (κ3) is 3.83. The number of anilines is 1. The van der Waals surface area contributed by atoms with Gasteiger partial charge in [-0.25, -0.2) is 9.78 Å². The number of hydrogen-bond acceptors (Lipinski definition) is 5. The molecule has 1 aromatic heterocycles. The van der Waals surface area contributed by atoms with E-state index in [1.54, 1.807) is 25.1 Å². The highest BCUT2D eigenvalue weighted by Crippen LogP contribution is 2.32. The van der Waals surface area contributed by atoms with E-state index in [-0.39, 0.29) is 11.6 Å². The van der Waals surface area contributed by atoms with Gasteiger partial charge in [0.25, 0.3) is 5.56 Å². The Morgan fingerprint density at radius 1 is 1.25 bits per heavy atom. The van der Waals surface area contributed by atoms with Crippen molar-refractivity contribution >= 4 is 11.7 Å². The van der Waals surface area contributed by atoms with Crippen LogP contribution < -0.4 is 25.7 Å². The number of hydrogen-bond donors (Lipinski definition) is 2. The lowest BCUT2D eigenvalue weighted by atomic mass is 10.2. The molecular weight excluding hydrogens is 312 g/mol. The fourth-order valence-electron chi connectivity index (χ4n) is 2.27. The van der Waals surface area contributed by atoms with Crippen LogP contribution in [0, 0.1) is 6.92 Å². The molecule has 2 heterocycles. The van der Waals surface area contributed by atoms with Gasteiger partial charge in [0.05, 0.1) is 6.33 Å². The van der Waals surface area contributed by atoms with Crippen molar-refractivity contribution in [3.05, 3.63) is 46.6 Å². The molecule has 0 bridgehead atoms. The Labute approximate surface area is 138 Å². The zero-order chi connectivity index (χ0) is 16.9. The number of nitrogens with one attached hydrogen (secondary N) is 2. The van der Waals surface area contributed by atoms with Crippen LogP contribution in [-0.2, 0) is 6.54 Å². The van der Waals surface area contributed by atoms with Gasteiger partial charge in [-0.15, -0.1) is 0 Å². The van der Waals surface area contributed by atoms with Gasteiger partial charge in [0.1, 0.15) is 13.2 Å². The Kier molecular flexibility index (Phi) is 4.64. The van der Waals surface area contributed by atoms with Crippen molar-refractivity contribution < 1.29 is 14.3 Å². The number of carbonyl (C=O) groups excluding carboxylic acids is 1. The summed E-state index contributed by atoms with van der Waals surface area (Å²) in [6.45, 7) is 3.42. The van der Waals surface area contributed by atoms with E-state index < -0.39 is 0 Å². The summed E-state index contributed by atoms with van der Waals surface area (Å²) in [6.07, 6.45) is 1.47. The van der Waals surface area contributed by atoms with Crippen molar-refractivity contribution in [2.45, 2.75) is 13.5 Å². The molecule has 2 aromatic rings.